The highest BCUT2D eigenvalue weighted by Crippen LogP contribution is 2.17. The van der Waals surface area contributed by atoms with Gasteiger partial charge in [0.1, 0.15) is 0 Å². The van der Waals surface area contributed by atoms with Crippen molar-refractivity contribution in [1.82, 2.24) is 14.9 Å². The Morgan fingerprint density at radius 2 is 1.64 bits per heavy atom. The van der Waals surface area contributed by atoms with Gasteiger partial charge < -0.3 is 4.90 Å². The van der Waals surface area contributed by atoms with E-state index in [2.05, 4.69) is 37.7 Å². The first-order valence-corrected chi connectivity index (χ1v) is 7.85. The van der Waals surface area contributed by atoms with Gasteiger partial charge in [0.2, 0.25) is 0 Å². The predicted octanol–water partition coefficient (Wildman–Crippen LogP) is 3.75. The monoisotopic (exact) mass is 299 g/mol. The van der Waals surface area contributed by atoms with E-state index in [-0.39, 0.29) is 11.9 Å². The maximum atomic E-state index is 12.8. The molecule has 1 aromatic heterocycles. The minimum atomic E-state index is 0.0608. The first kappa shape index (κ1) is 16.4. The molecule has 0 N–H and O–H groups in total. The van der Waals surface area contributed by atoms with Crippen molar-refractivity contribution < 1.29 is 4.79 Å². The summed E-state index contributed by atoms with van der Waals surface area (Å²) in [5, 5.41) is 0. The fraction of sp³-hybridized carbons (Fsp3) is 0.500. The van der Waals surface area contributed by atoms with Gasteiger partial charge in [-0.3, -0.25) is 4.79 Å². The lowest BCUT2D eigenvalue weighted by Crippen LogP contribution is -2.39. The van der Waals surface area contributed by atoms with Crippen LogP contribution in [-0.2, 0) is 0 Å². The topological polar surface area (TPSA) is 46.1 Å². The van der Waals surface area contributed by atoms with Gasteiger partial charge in [-0.05, 0) is 51.8 Å². The van der Waals surface area contributed by atoms with E-state index in [4.69, 9.17) is 0 Å². The number of amides is 1. The normalized spacial score (nSPS) is 11.5. The Hall–Kier alpha value is -1.97. The molecule has 0 saturated carbocycles. The van der Waals surface area contributed by atoms with Gasteiger partial charge in [0.15, 0.2) is 0 Å². The molecule has 22 heavy (non-hydrogen) atoms. The van der Waals surface area contributed by atoms with Gasteiger partial charge >= 0.3 is 0 Å². The molecule has 1 heterocycles. The first-order chi connectivity index (χ1) is 10.3. The second-order valence-corrected chi connectivity index (χ2v) is 6.54. The van der Waals surface area contributed by atoms with E-state index in [1.165, 1.54) is 0 Å². The van der Waals surface area contributed by atoms with Gasteiger partial charge in [0, 0.05) is 18.2 Å². The van der Waals surface area contributed by atoms with Crippen molar-refractivity contribution in [1.29, 1.82) is 0 Å². The molecule has 2 rings (SSSR count). The molecule has 0 saturated heterocycles. The molecule has 0 aliphatic heterocycles. The van der Waals surface area contributed by atoms with Crippen LogP contribution in [0.2, 0.25) is 0 Å². The second-order valence-electron chi connectivity index (χ2n) is 6.54. The fourth-order valence-electron chi connectivity index (χ4n) is 2.45. The van der Waals surface area contributed by atoms with Crippen molar-refractivity contribution in [2.75, 3.05) is 6.54 Å². The summed E-state index contributed by atoms with van der Waals surface area (Å²) in [5.41, 5.74) is 4.12. The minimum Gasteiger partial charge on any atom is -0.336 e. The molecule has 2 aromatic rings. The van der Waals surface area contributed by atoms with Crippen LogP contribution in [0.25, 0.3) is 11.0 Å². The molecule has 0 aliphatic rings. The lowest BCUT2D eigenvalue weighted by molar-refractivity contribution is 0.0682. The highest BCUT2D eigenvalue weighted by Gasteiger charge is 2.20. The highest BCUT2D eigenvalue weighted by molar-refractivity contribution is 5.97. The van der Waals surface area contributed by atoms with Crippen LogP contribution >= 0.6 is 0 Å². The molecule has 0 unspecified atom stereocenters. The van der Waals surface area contributed by atoms with Gasteiger partial charge in [0.25, 0.3) is 5.91 Å². The Labute approximate surface area is 132 Å². The van der Waals surface area contributed by atoms with E-state index in [9.17, 15) is 4.79 Å². The molecule has 0 atom stereocenters. The van der Waals surface area contributed by atoms with Crippen molar-refractivity contribution >= 4 is 16.9 Å². The Balaban J connectivity index is 2.40. The maximum absolute atomic E-state index is 12.8. The maximum Gasteiger partial charge on any atom is 0.254 e. The molecule has 0 fully saturated rings. The minimum absolute atomic E-state index is 0.0608. The third kappa shape index (κ3) is 3.43. The Kier molecular flexibility index (Phi) is 4.79. The van der Waals surface area contributed by atoms with Crippen molar-refractivity contribution in [3.63, 3.8) is 0 Å². The summed E-state index contributed by atoms with van der Waals surface area (Å²) in [6.45, 7) is 13.0. The van der Waals surface area contributed by atoms with E-state index in [0.29, 0.717) is 11.5 Å². The summed E-state index contributed by atoms with van der Waals surface area (Å²) in [7, 11) is 0. The fourth-order valence-corrected chi connectivity index (χ4v) is 2.45. The largest absolute Gasteiger partial charge is 0.336 e. The van der Waals surface area contributed by atoms with Crippen LogP contribution in [0.1, 0.15) is 49.4 Å². The van der Waals surface area contributed by atoms with E-state index in [0.717, 1.165) is 29.0 Å². The van der Waals surface area contributed by atoms with Crippen molar-refractivity contribution in [2.24, 2.45) is 5.92 Å². The molecule has 118 valence electrons. The van der Waals surface area contributed by atoms with Gasteiger partial charge in [0.05, 0.1) is 22.4 Å². The van der Waals surface area contributed by atoms with Gasteiger partial charge in [-0.2, -0.15) is 0 Å². The highest BCUT2D eigenvalue weighted by atomic mass is 16.2. The Bertz CT molecular complexity index is 692. The first-order valence-electron chi connectivity index (χ1n) is 7.85. The average molecular weight is 299 g/mol. The number of hydrogen-bond acceptors (Lipinski definition) is 3. The van der Waals surface area contributed by atoms with Crippen LogP contribution in [0.5, 0.6) is 0 Å². The number of carbonyl (C=O) groups excluding carboxylic acids is 1. The SMILES string of the molecule is Cc1nc2ccc(C(=O)N(CC(C)C)C(C)C)cc2nc1C. The number of rotatable bonds is 4. The van der Waals surface area contributed by atoms with Crippen molar-refractivity contribution in [2.45, 2.75) is 47.6 Å². The number of nitrogens with zero attached hydrogens (tertiary/aromatic N) is 3. The molecular weight excluding hydrogens is 274 g/mol. The van der Waals surface area contributed by atoms with Gasteiger partial charge in [-0.15, -0.1) is 0 Å². The third-order valence-corrected chi connectivity index (χ3v) is 3.77. The van der Waals surface area contributed by atoms with Crippen LogP contribution in [0, 0.1) is 19.8 Å². The van der Waals surface area contributed by atoms with Crippen LogP contribution in [-0.4, -0.2) is 33.4 Å². The Morgan fingerprint density at radius 1 is 1.05 bits per heavy atom. The zero-order valence-electron chi connectivity index (χ0n) is 14.3. The molecule has 4 heteroatoms. The van der Waals surface area contributed by atoms with E-state index in [1.54, 1.807) is 0 Å². The van der Waals surface area contributed by atoms with Crippen molar-refractivity contribution in [3.8, 4) is 0 Å². The standard InChI is InChI=1S/C18H25N3O/c1-11(2)10-21(12(3)4)18(22)15-7-8-16-17(9-15)20-14(6)13(5)19-16/h7-9,11-12H,10H2,1-6H3. The van der Waals surface area contributed by atoms with Crippen LogP contribution < -0.4 is 0 Å². The summed E-state index contributed by atoms with van der Waals surface area (Å²) >= 11 is 0. The molecule has 0 bridgehead atoms. The van der Waals surface area contributed by atoms with E-state index < -0.39 is 0 Å². The molecule has 0 radical (unpaired) electrons. The zero-order valence-corrected chi connectivity index (χ0v) is 14.3. The molecule has 1 amide bonds. The van der Waals surface area contributed by atoms with E-state index >= 15 is 0 Å². The zero-order chi connectivity index (χ0) is 16.4. The number of hydrogen-bond donors (Lipinski definition) is 0. The Morgan fingerprint density at radius 3 is 2.18 bits per heavy atom. The van der Waals surface area contributed by atoms with Crippen molar-refractivity contribution in [3.05, 3.63) is 35.2 Å². The lowest BCUT2D eigenvalue weighted by Gasteiger charge is -2.28. The number of carbonyl (C=O) groups is 1. The van der Waals surface area contributed by atoms with E-state index in [1.807, 2.05) is 36.9 Å². The summed E-state index contributed by atoms with van der Waals surface area (Å²) in [6.07, 6.45) is 0. The van der Waals surface area contributed by atoms with Gasteiger partial charge in [-0.25, -0.2) is 9.97 Å². The quantitative estimate of drug-likeness (QED) is 0.863. The molecule has 0 aliphatic carbocycles. The molecule has 1 aromatic carbocycles. The van der Waals surface area contributed by atoms with Crippen LogP contribution in [0.3, 0.4) is 0 Å². The molecule has 0 spiro atoms. The number of fused-ring (bicyclic) bond motifs is 1. The van der Waals surface area contributed by atoms with Gasteiger partial charge in [-0.1, -0.05) is 13.8 Å². The molecular formula is C18H25N3O. The third-order valence-electron chi connectivity index (χ3n) is 3.77. The number of benzene rings is 1. The summed E-state index contributed by atoms with van der Waals surface area (Å²) in [5.74, 6) is 0.502. The summed E-state index contributed by atoms with van der Waals surface area (Å²) in [6, 6.07) is 5.77. The smallest absolute Gasteiger partial charge is 0.254 e. The lowest BCUT2D eigenvalue weighted by atomic mass is 10.1. The second kappa shape index (κ2) is 6.42. The number of aromatic nitrogens is 2. The summed E-state index contributed by atoms with van der Waals surface area (Å²) < 4.78 is 0. The average Bonchev–Trinajstić information content (AvgIpc) is 2.44. The number of aryl methyl sites for hydroxylation is 2. The molecule has 4 nitrogen and oxygen atoms in total. The summed E-state index contributed by atoms with van der Waals surface area (Å²) in [4.78, 5) is 23.8. The predicted molar refractivity (Wildman–Crippen MR) is 90.0 cm³/mol. The van der Waals surface area contributed by atoms with Crippen LogP contribution in [0.15, 0.2) is 18.2 Å². The van der Waals surface area contributed by atoms with Crippen LogP contribution in [0.4, 0.5) is 0 Å².